The number of fused-ring (bicyclic) bond motifs is 6. The number of hydrogen-bond donors (Lipinski definition) is 0. The van der Waals surface area contributed by atoms with Crippen molar-refractivity contribution in [2.24, 2.45) is 0 Å². The molecule has 0 spiro atoms. The van der Waals surface area contributed by atoms with E-state index in [1.807, 2.05) is 23.5 Å². The molecule has 0 atom stereocenters. The van der Waals surface area contributed by atoms with Crippen LogP contribution in [0, 0.1) is 0 Å². The SMILES string of the molecule is c1ccc(-c2cc(-c3ccccc3)cc(-c3cc(-c4ccccc4)nc(-c4ccc(-c5ccc(-c6cccc7c6sc6ccccc67)c6oc7ccccc7c56)cc4)n3)c2)cc1. The number of aromatic nitrogens is 2. The largest absolute Gasteiger partial charge is 0.455 e. The van der Waals surface area contributed by atoms with Gasteiger partial charge in [0.25, 0.3) is 0 Å². The molecule has 0 aliphatic carbocycles. The van der Waals surface area contributed by atoms with Crippen molar-refractivity contribution in [2.45, 2.75) is 0 Å². The van der Waals surface area contributed by atoms with Gasteiger partial charge >= 0.3 is 0 Å². The zero-order chi connectivity index (χ0) is 41.0. The molecule has 0 bridgehead atoms. The van der Waals surface area contributed by atoms with E-state index >= 15 is 0 Å². The van der Waals surface area contributed by atoms with Crippen LogP contribution in [-0.4, -0.2) is 9.97 Å². The maximum Gasteiger partial charge on any atom is 0.160 e. The van der Waals surface area contributed by atoms with E-state index in [0.29, 0.717) is 5.82 Å². The lowest BCUT2D eigenvalue weighted by atomic mass is 9.93. The number of para-hydroxylation sites is 1. The molecule has 0 fully saturated rings. The summed E-state index contributed by atoms with van der Waals surface area (Å²) in [5.41, 5.74) is 15.6. The molecule has 3 aromatic heterocycles. The standard InChI is InChI=1S/C58H36N2OS/c1-4-15-37(16-5-1)42-33-43(38-17-6-2-7-18-38)35-44(34-42)52-36-51(40-19-8-3-9-20-40)59-58(60-52)41-29-27-39(28-30-41)45-31-32-47(56-55(45)50-22-10-12-25-53(50)61-56)49-24-14-23-48-46-21-11-13-26-54(46)62-57(48)49/h1-36H. The average Bonchev–Trinajstić information content (AvgIpc) is 3.94. The summed E-state index contributed by atoms with van der Waals surface area (Å²) < 4.78 is 9.34. The van der Waals surface area contributed by atoms with Crippen LogP contribution in [0.3, 0.4) is 0 Å². The van der Waals surface area contributed by atoms with Crippen LogP contribution in [0.1, 0.15) is 0 Å². The highest BCUT2D eigenvalue weighted by Gasteiger charge is 2.20. The van der Waals surface area contributed by atoms with Crippen LogP contribution in [0.2, 0.25) is 0 Å². The van der Waals surface area contributed by atoms with Crippen molar-refractivity contribution in [1.29, 1.82) is 0 Å². The predicted octanol–water partition coefficient (Wildman–Crippen LogP) is 16.4. The van der Waals surface area contributed by atoms with Crippen LogP contribution in [0.4, 0.5) is 0 Å². The minimum absolute atomic E-state index is 0.671. The van der Waals surface area contributed by atoms with Crippen molar-refractivity contribution < 1.29 is 4.42 Å². The molecule has 0 saturated carbocycles. The first kappa shape index (κ1) is 36.0. The first-order valence-electron chi connectivity index (χ1n) is 20.9. The van der Waals surface area contributed by atoms with Crippen LogP contribution < -0.4 is 0 Å². The number of rotatable bonds is 7. The monoisotopic (exact) mass is 808 g/mol. The molecule has 290 valence electrons. The maximum absolute atomic E-state index is 6.78. The normalized spacial score (nSPS) is 11.5. The Hall–Kier alpha value is -7.92. The van der Waals surface area contributed by atoms with Gasteiger partial charge in [0.05, 0.1) is 11.4 Å². The van der Waals surface area contributed by atoms with Gasteiger partial charge in [0.2, 0.25) is 0 Å². The Balaban J connectivity index is 0.994. The van der Waals surface area contributed by atoms with E-state index in [9.17, 15) is 0 Å². The summed E-state index contributed by atoms with van der Waals surface area (Å²) >= 11 is 1.84. The number of furan rings is 1. The molecule has 3 nitrogen and oxygen atoms in total. The summed E-state index contributed by atoms with van der Waals surface area (Å²) in [6.07, 6.45) is 0. The molecule has 0 unspecified atom stereocenters. The van der Waals surface area contributed by atoms with Crippen LogP contribution in [0.15, 0.2) is 223 Å². The number of benzene rings is 9. The van der Waals surface area contributed by atoms with Crippen molar-refractivity contribution in [3.05, 3.63) is 218 Å². The number of nitrogens with zero attached hydrogens (tertiary/aromatic N) is 2. The molecule has 0 amide bonds. The second-order valence-electron chi connectivity index (χ2n) is 15.7. The third-order valence-corrected chi connectivity index (χ3v) is 13.1. The molecule has 12 rings (SSSR count). The Kier molecular flexibility index (Phi) is 8.68. The van der Waals surface area contributed by atoms with Gasteiger partial charge in [-0.15, -0.1) is 11.3 Å². The van der Waals surface area contributed by atoms with E-state index in [-0.39, 0.29) is 0 Å². The van der Waals surface area contributed by atoms with E-state index in [0.717, 1.165) is 89.0 Å². The van der Waals surface area contributed by atoms with E-state index < -0.39 is 0 Å². The summed E-state index contributed by atoms with van der Waals surface area (Å²) in [7, 11) is 0. The molecule has 0 aliphatic rings. The first-order valence-corrected chi connectivity index (χ1v) is 21.7. The van der Waals surface area contributed by atoms with Crippen molar-refractivity contribution in [2.75, 3.05) is 0 Å². The lowest BCUT2D eigenvalue weighted by Crippen LogP contribution is -1.96. The van der Waals surface area contributed by atoms with Crippen LogP contribution >= 0.6 is 11.3 Å². The molecule has 12 aromatic rings. The summed E-state index contributed by atoms with van der Waals surface area (Å²) in [5.74, 6) is 0.671. The molecule has 4 heteroatoms. The Morgan fingerprint density at radius 1 is 0.339 bits per heavy atom. The minimum atomic E-state index is 0.671. The van der Waals surface area contributed by atoms with E-state index in [1.54, 1.807) is 0 Å². The van der Waals surface area contributed by atoms with Crippen molar-refractivity contribution in [3.63, 3.8) is 0 Å². The molecule has 0 N–H and O–H groups in total. The molecular weight excluding hydrogens is 773 g/mol. The second kappa shape index (κ2) is 15.0. The quantitative estimate of drug-likeness (QED) is 0.161. The molecule has 3 heterocycles. The molecule has 0 aliphatic heterocycles. The molecule has 0 radical (unpaired) electrons. The lowest BCUT2D eigenvalue weighted by molar-refractivity contribution is 0.670. The topological polar surface area (TPSA) is 38.9 Å². The fourth-order valence-electron chi connectivity index (χ4n) is 8.89. The van der Waals surface area contributed by atoms with Crippen LogP contribution in [0.5, 0.6) is 0 Å². The highest BCUT2D eigenvalue weighted by molar-refractivity contribution is 7.26. The maximum atomic E-state index is 6.78. The van der Waals surface area contributed by atoms with Gasteiger partial charge in [0.1, 0.15) is 11.2 Å². The van der Waals surface area contributed by atoms with E-state index in [1.165, 1.54) is 25.7 Å². The fraction of sp³-hybridized carbons (Fsp3) is 0. The lowest BCUT2D eigenvalue weighted by Gasteiger charge is -2.13. The second-order valence-corrected chi connectivity index (χ2v) is 16.7. The van der Waals surface area contributed by atoms with E-state index in [4.69, 9.17) is 14.4 Å². The van der Waals surface area contributed by atoms with Gasteiger partial charge in [0, 0.05) is 58.8 Å². The van der Waals surface area contributed by atoms with Crippen molar-refractivity contribution in [1.82, 2.24) is 9.97 Å². The van der Waals surface area contributed by atoms with Crippen LogP contribution in [-0.2, 0) is 0 Å². The number of hydrogen-bond acceptors (Lipinski definition) is 4. The molecule has 62 heavy (non-hydrogen) atoms. The predicted molar refractivity (Wildman–Crippen MR) is 260 cm³/mol. The Bertz CT molecular complexity index is 3550. The van der Waals surface area contributed by atoms with Crippen molar-refractivity contribution >= 4 is 53.4 Å². The Morgan fingerprint density at radius 2 is 0.887 bits per heavy atom. The third kappa shape index (κ3) is 6.28. The van der Waals surface area contributed by atoms with Gasteiger partial charge in [-0.3, -0.25) is 0 Å². The average molecular weight is 809 g/mol. The van der Waals surface area contributed by atoms with Gasteiger partial charge in [-0.1, -0.05) is 176 Å². The minimum Gasteiger partial charge on any atom is -0.455 e. The molecule has 0 saturated heterocycles. The van der Waals surface area contributed by atoms with Gasteiger partial charge in [-0.2, -0.15) is 0 Å². The third-order valence-electron chi connectivity index (χ3n) is 11.9. The van der Waals surface area contributed by atoms with Crippen LogP contribution in [0.25, 0.3) is 121 Å². The number of thiophene rings is 1. The molecule has 9 aromatic carbocycles. The molecular formula is C58H36N2OS. The fourth-order valence-corrected chi connectivity index (χ4v) is 10.1. The van der Waals surface area contributed by atoms with Gasteiger partial charge in [0.15, 0.2) is 5.82 Å². The summed E-state index contributed by atoms with van der Waals surface area (Å²) in [6.45, 7) is 0. The smallest absolute Gasteiger partial charge is 0.160 e. The van der Waals surface area contributed by atoms with Gasteiger partial charge in [-0.25, -0.2) is 9.97 Å². The highest BCUT2D eigenvalue weighted by Crippen LogP contribution is 2.46. The van der Waals surface area contributed by atoms with E-state index in [2.05, 4.69) is 206 Å². The Morgan fingerprint density at radius 3 is 1.60 bits per heavy atom. The van der Waals surface area contributed by atoms with Gasteiger partial charge in [-0.05, 0) is 75.8 Å². The Labute approximate surface area is 362 Å². The highest BCUT2D eigenvalue weighted by atomic mass is 32.1. The zero-order valence-electron chi connectivity index (χ0n) is 33.5. The summed E-state index contributed by atoms with van der Waals surface area (Å²) in [4.78, 5) is 10.5. The van der Waals surface area contributed by atoms with Gasteiger partial charge < -0.3 is 4.42 Å². The van der Waals surface area contributed by atoms with Crippen molar-refractivity contribution in [3.8, 4) is 78.4 Å². The zero-order valence-corrected chi connectivity index (χ0v) is 34.3. The summed E-state index contributed by atoms with van der Waals surface area (Å²) in [5, 5.41) is 4.77. The summed E-state index contributed by atoms with van der Waals surface area (Å²) in [6, 6.07) is 77.2. The first-order chi connectivity index (χ1) is 30.7.